The molecule has 7 N–H and O–H groups in total. The van der Waals surface area contributed by atoms with Gasteiger partial charge in [0.1, 0.15) is 28.2 Å². The van der Waals surface area contributed by atoms with Gasteiger partial charge in [0.2, 0.25) is 23.1 Å². The molecule has 0 bridgehead atoms. The van der Waals surface area contributed by atoms with Crippen molar-refractivity contribution < 1.29 is 82.8 Å². The molecule has 20 heteroatoms. The molecule has 3 heterocycles. The van der Waals surface area contributed by atoms with Crippen molar-refractivity contribution >= 4 is 63.5 Å². The lowest BCUT2D eigenvalue weighted by atomic mass is 9.50. The van der Waals surface area contributed by atoms with Gasteiger partial charge in [-0.3, -0.25) is 24.0 Å². The molecule has 0 radical (unpaired) electrons. The normalized spacial score (nSPS) is 31.4. The van der Waals surface area contributed by atoms with E-state index in [0.717, 1.165) is 31.2 Å². The van der Waals surface area contributed by atoms with Gasteiger partial charge in [0.05, 0.1) is 29.3 Å². The summed E-state index contributed by atoms with van der Waals surface area (Å²) >= 11 is 5.93. The average Bonchev–Trinajstić information content (AvgIpc) is 3.98. The second kappa shape index (κ2) is 16.3. The number of Topliss-reactive ketones (excluding diaryl/α,β-unsaturated/α-hetero) is 2. The number of halogens is 1. The second-order valence-electron chi connectivity index (χ2n) is 16.6. The number of benzene rings is 2. The van der Waals surface area contributed by atoms with Crippen molar-refractivity contribution in [1.82, 2.24) is 0 Å². The van der Waals surface area contributed by atoms with Crippen LogP contribution in [0.4, 0.5) is 5.69 Å². The van der Waals surface area contributed by atoms with E-state index < -0.39 is 128 Å². The fraction of sp³-hybridized carbons (Fsp3) is 0.326. The van der Waals surface area contributed by atoms with Crippen LogP contribution in [-0.4, -0.2) is 113 Å². The summed E-state index contributed by atoms with van der Waals surface area (Å²) in [5.74, 6) is -7.43. The lowest BCUT2D eigenvalue weighted by Gasteiger charge is -2.53. The van der Waals surface area contributed by atoms with Crippen molar-refractivity contribution in [2.75, 3.05) is 5.32 Å². The first-order chi connectivity index (χ1) is 31.1. The number of esters is 2. The van der Waals surface area contributed by atoms with Crippen LogP contribution in [0.2, 0.25) is 5.02 Å². The van der Waals surface area contributed by atoms with E-state index in [-0.39, 0.29) is 40.1 Å². The number of ketones is 3. The average molecular weight is 930 g/mol. The highest BCUT2D eigenvalue weighted by Crippen LogP contribution is 2.70. The number of carbonyl (C=O) groups is 6. The molecule has 344 valence electrons. The number of nitrogens with one attached hydrogen (secondary N) is 1. The Morgan fingerprint density at radius 1 is 0.909 bits per heavy atom. The van der Waals surface area contributed by atoms with Crippen molar-refractivity contribution in [3.05, 3.63) is 117 Å². The van der Waals surface area contributed by atoms with Crippen LogP contribution in [0.3, 0.4) is 0 Å². The molecule has 3 fully saturated rings. The van der Waals surface area contributed by atoms with Gasteiger partial charge in [-0.05, 0) is 38.1 Å². The number of allylic oxidation sites excluding steroid dienone is 6. The fourth-order valence-corrected chi connectivity index (χ4v) is 9.77. The number of fused-ring (bicyclic) bond motifs is 3. The molecule has 2 saturated heterocycles. The second-order valence-corrected chi connectivity index (χ2v) is 17.0. The van der Waals surface area contributed by atoms with E-state index in [0.29, 0.717) is 5.57 Å². The van der Waals surface area contributed by atoms with Crippen molar-refractivity contribution in [3.8, 4) is 17.2 Å². The first-order valence-corrected chi connectivity index (χ1v) is 20.7. The van der Waals surface area contributed by atoms with Crippen LogP contribution in [0, 0.1) is 0 Å². The minimum Gasteiger partial charge on any atom is -0.507 e. The Bertz CT molecular complexity index is 2890. The molecule has 1 amide bonds. The van der Waals surface area contributed by atoms with Gasteiger partial charge >= 0.3 is 17.6 Å². The number of amides is 1. The quantitative estimate of drug-likeness (QED) is 0.0533. The van der Waals surface area contributed by atoms with Gasteiger partial charge in [0.25, 0.3) is 0 Å². The first-order valence-electron chi connectivity index (χ1n) is 20.3. The van der Waals surface area contributed by atoms with Gasteiger partial charge in [-0.1, -0.05) is 59.7 Å². The van der Waals surface area contributed by atoms with Gasteiger partial charge in [0.15, 0.2) is 40.1 Å². The van der Waals surface area contributed by atoms with Crippen LogP contribution in [0.15, 0.2) is 93.7 Å². The summed E-state index contributed by atoms with van der Waals surface area (Å²) in [6, 6.07) is 4.84. The zero-order valence-electron chi connectivity index (χ0n) is 35.0. The number of phenolic OH excluding ortho intramolecular Hbond substituents is 2. The Morgan fingerprint density at radius 3 is 2.29 bits per heavy atom. The van der Waals surface area contributed by atoms with Gasteiger partial charge in [-0.2, -0.15) is 0 Å². The Kier molecular flexibility index (Phi) is 11.3. The summed E-state index contributed by atoms with van der Waals surface area (Å²) in [6.07, 6.45) is 4.10. The largest absolute Gasteiger partial charge is 0.507 e. The SMILES string of the molecule is CC(=O)O[C@@H]1[C@@H](C)O[C@@H](c2ccc3c(c2O)C(=O)[C@]24O[C@@]2(C3=O)[C@@]2(O)C(=O)C=C(C)C[C@@]2(O)C[C@@H]4O)C[C@H]1OC(=O)/C=C/C=C/C=C\C=CC(=O)Nc1c(O)c2ccc(O)c(Cl)c2oc1=O. The predicted octanol–water partition coefficient (Wildman–Crippen LogP) is 3.15. The van der Waals surface area contributed by atoms with E-state index in [9.17, 15) is 64.2 Å². The number of rotatable bonds is 9. The molecule has 1 saturated carbocycles. The smallest absolute Gasteiger partial charge is 0.364 e. The minimum atomic E-state index is -2.94. The lowest BCUT2D eigenvalue weighted by Crippen LogP contribution is -2.79. The highest BCUT2D eigenvalue weighted by molar-refractivity contribution is 6.36. The van der Waals surface area contributed by atoms with Crippen molar-refractivity contribution in [3.63, 3.8) is 0 Å². The van der Waals surface area contributed by atoms with Crippen LogP contribution < -0.4 is 10.9 Å². The number of aliphatic hydroxyl groups is 3. The maximum atomic E-state index is 14.4. The zero-order chi connectivity index (χ0) is 47.8. The topological polar surface area (TPSA) is 306 Å². The third kappa shape index (κ3) is 6.80. The Labute approximate surface area is 377 Å². The molecule has 66 heavy (non-hydrogen) atoms. The number of epoxide rings is 1. The number of carbonyl (C=O) groups excluding carboxylic acids is 6. The Hall–Kier alpha value is -6.74. The van der Waals surface area contributed by atoms with E-state index in [4.69, 9.17) is 35.0 Å². The van der Waals surface area contributed by atoms with E-state index in [1.165, 1.54) is 68.5 Å². The molecule has 3 aromatic rings. The maximum Gasteiger partial charge on any atom is 0.364 e. The molecule has 2 aromatic carbocycles. The molecule has 8 rings (SSSR count). The van der Waals surface area contributed by atoms with E-state index >= 15 is 0 Å². The Morgan fingerprint density at radius 2 is 1.59 bits per heavy atom. The van der Waals surface area contributed by atoms with E-state index in [1.807, 2.05) is 0 Å². The summed E-state index contributed by atoms with van der Waals surface area (Å²) in [5.41, 5.74) is -13.1. The predicted molar refractivity (Wildman–Crippen MR) is 227 cm³/mol. The monoisotopic (exact) mass is 929 g/mol. The molecule has 0 spiro atoms. The van der Waals surface area contributed by atoms with Crippen molar-refractivity contribution in [2.45, 2.75) is 93.0 Å². The standard InChI is InChI=1S/C46H40ClNO18/c1-20-16-29(51)45(61)43(60,18-20)19-30(52)44-41(58)33-24(40(57)46(44,45)66-44)13-12-23(36(33)55)27-17-28(38(21(2)62-27)63-22(3)49)64-32(54)11-9-7-5-4-6-8-10-31(53)48-35-37(56)25-14-15-26(50)34(47)39(25)65-42(35)59/h4-16,21,27-28,30,38,50,52,55-56,60-61H,17-19H2,1-3H3,(H,48,53)/b6-4-,7-5+,10-8?,11-9+/t21-,27-,28-,30+,38-,43-,44+,45-,46-/m1/s1. The van der Waals surface area contributed by atoms with Crippen molar-refractivity contribution in [2.24, 2.45) is 0 Å². The number of aromatic hydroxyl groups is 3. The molecule has 3 aliphatic carbocycles. The summed E-state index contributed by atoms with van der Waals surface area (Å²) in [4.78, 5) is 92.0. The fourth-order valence-electron chi connectivity index (χ4n) is 9.56. The zero-order valence-corrected chi connectivity index (χ0v) is 35.7. The summed E-state index contributed by atoms with van der Waals surface area (Å²) in [5, 5.41) is 68.7. The molecule has 2 aliphatic heterocycles. The lowest BCUT2D eigenvalue weighted by molar-refractivity contribution is -0.203. The van der Waals surface area contributed by atoms with Crippen LogP contribution in [0.25, 0.3) is 11.0 Å². The number of ether oxygens (including phenoxy) is 4. The van der Waals surface area contributed by atoms with Gasteiger partial charge < -0.3 is 59.3 Å². The molecule has 1 aromatic heterocycles. The summed E-state index contributed by atoms with van der Waals surface area (Å²) < 4.78 is 28.0. The van der Waals surface area contributed by atoms with Gasteiger partial charge in [0, 0.05) is 49.5 Å². The van der Waals surface area contributed by atoms with E-state index in [2.05, 4.69) is 5.32 Å². The summed E-state index contributed by atoms with van der Waals surface area (Å²) in [7, 11) is 0. The molecular weight excluding hydrogens is 890 g/mol. The number of aliphatic hydroxyl groups excluding tert-OH is 1. The molecule has 9 atom stereocenters. The molecule has 19 nitrogen and oxygen atoms in total. The molecule has 0 unspecified atom stereocenters. The maximum absolute atomic E-state index is 14.4. The summed E-state index contributed by atoms with van der Waals surface area (Å²) in [6.45, 7) is 4.18. The number of phenols is 2. The minimum absolute atomic E-state index is 0.0244. The van der Waals surface area contributed by atoms with Crippen LogP contribution in [0.5, 0.6) is 17.2 Å². The third-order valence-corrected chi connectivity index (χ3v) is 12.8. The number of anilines is 1. The van der Waals surface area contributed by atoms with Crippen LogP contribution in [0.1, 0.15) is 72.4 Å². The van der Waals surface area contributed by atoms with Crippen LogP contribution >= 0.6 is 11.6 Å². The third-order valence-electron chi connectivity index (χ3n) is 12.4. The van der Waals surface area contributed by atoms with Gasteiger partial charge in [-0.25, -0.2) is 9.59 Å². The first kappa shape index (κ1) is 45.8. The number of hydrogen-bond donors (Lipinski definition) is 7. The Balaban J connectivity index is 0.944. The number of hydrogen-bond acceptors (Lipinski definition) is 18. The van der Waals surface area contributed by atoms with Gasteiger partial charge in [-0.15, -0.1) is 0 Å². The van der Waals surface area contributed by atoms with Crippen LogP contribution in [-0.2, 0) is 38.1 Å². The highest BCUT2D eigenvalue weighted by Gasteiger charge is 2.97. The van der Waals surface area contributed by atoms with E-state index in [1.54, 1.807) is 0 Å². The molecule has 5 aliphatic rings. The van der Waals surface area contributed by atoms with Crippen molar-refractivity contribution in [1.29, 1.82) is 0 Å². The molecular formula is C46H40ClNO18. The highest BCUT2D eigenvalue weighted by atomic mass is 35.5.